The molecule has 2 heterocycles. The van der Waals surface area contributed by atoms with Crippen LogP contribution in [0.15, 0.2) is 36.4 Å². The summed E-state index contributed by atoms with van der Waals surface area (Å²) in [6.07, 6.45) is 0. The molecule has 2 aromatic rings. The molecule has 0 bridgehead atoms. The van der Waals surface area contributed by atoms with Gasteiger partial charge in [0, 0.05) is 0 Å². The fourth-order valence-electron chi connectivity index (χ4n) is 2.15. The molecule has 1 amide bonds. The van der Waals surface area contributed by atoms with Crippen LogP contribution < -0.4 is 16.0 Å². The molecular formula is C14H14N4O. The van der Waals surface area contributed by atoms with Gasteiger partial charge in [-0.05, 0) is 31.2 Å². The van der Waals surface area contributed by atoms with Crippen molar-refractivity contribution in [3.8, 4) is 0 Å². The first-order chi connectivity index (χ1) is 9.15. The Hall–Kier alpha value is -2.56. The zero-order chi connectivity index (χ0) is 13.4. The number of hydrogen-bond donors (Lipinski definition) is 2. The Bertz CT molecular complexity index is 654. The van der Waals surface area contributed by atoms with Gasteiger partial charge in [-0.3, -0.25) is 4.79 Å². The van der Waals surface area contributed by atoms with Crippen LogP contribution >= 0.6 is 0 Å². The Labute approximate surface area is 111 Å². The topological polar surface area (TPSA) is 71.2 Å². The van der Waals surface area contributed by atoms with Crippen LogP contribution in [-0.2, 0) is 4.79 Å². The third kappa shape index (κ3) is 1.99. The molecule has 0 radical (unpaired) electrons. The number of aryl methyl sites for hydroxylation is 1. The van der Waals surface area contributed by atoms with Crippen LogP contribution in [0.25, 0.3) is 0 Å². The van der Waals surface area contributed by atoms with E-state index >= 15 is 0 Å². The zero-order valence-corrected chi connectivity index (χ0v) is 10.6. The molecule has 0 aliphatic carbocycles. The number of hydrogen-bond acceptors (Lipinski definition) is 4. The second kappa shape index (κ2) is 4.28. The van der Waals surface area contributed by atoms with Crippen molar-refractivity contribution in [2.24, 2.45) is 0 Å². The van der Waals surface area contributed by atoms with Gasteiger partial charge in [-0.25, -0.2) is 4.98 Å². The molecule has 5 heteroatoms. The first-order valence-corrected chi connectivity index (χ1v) is 6.05. The lowest BCUT2D eigenvalue weighted by atomic mass is 10.2. The molecule has 1 aliphatic rings. The van der Waals surface area contributed by atoms with E-state index in [2.05, 4.69) is 10.3 Å². The molecule has 19 heavy (non-hydrogen) atoms. The number of nitrogen functional groups attached to an aromatic ring is 1. The van der Waals surface area contributed by atoms with Crippen molar-refractivity contribution in [2.45, 2.75) is 6.92 Å². The molecule has 1 aromatic heterocycles. The molecule has 0 fully saturated rings. The lowest BCUT2D eigenvalue weighted by molar-refractivity contribution is -0.115. The van der Waals surface area contributed by atoms with Crippen molar-refractivity contribution in [1.29, 1.82) is 0 Å². The largest absolute Gasteiger partial charge is 0.397 e. The van der Waals surface area contributed by atoms with Gasteiger partial charge < -0.3 is 16.0 Å². The van der Waals surface area contributed by atoms with E-state index in [1.54, 1.807) is 0 Å². The number of carbonyl (C=O) groups is 1. The fraction of sp³-hybridized carbons (Fsp3) is 0.143. The molecule has 1 aliphatic heterocycles. The predicted molar refractivity (Wildman–Crippen MR) is 75.5 cm³/mol. The van der Waals surface area contributed by atoms with Gasteiger partial charge in [0.05, 0.1) is 22.8 Å². The van der Waals surface area contributed by atoms with Crippen LogP contribution in [0, 0.1) is 6.92 Å². The maximum Gasteiger partial charge on any atom is 0.244 e. The minimum absolute atomic E-state index is 0.0463. The molecule has 0 saturated carbocycles. The number of anilines is 4. The van der Waals surface area contributed by atoms with Gasteiger partial charge in [-0.1, -0.05) is 12.1 Å². The van der Waals surface area contributed by atoms with Crippen molar-refractivity contribution < 1.29 is 4.79 Å². The van der Waals surface area contributed by atoms with Gasteiger partial charge in [-0.2, -0.15) is 0 Å². The Kier molecular flexibility index (Phi) is 2.59. The summed E-state index contributed by atoms with van der Waals surface area (Å²) in [4.78, 5) is 18.1. The minimum Gasteiger partial charge on any atom is -0.397 e. The summed E-state index contributed by atoms with van der Waals surface area (Å²) in [5.74, 6) is 0.684. The molecular weight excluding hydrogens is 240 g/mol. The maximum atomic E-state index is 11.8. The highest BCUT2D eigenvalue weighted by Gasteiger charge is 2.23. The summed E-state index contributed by atoms with van der Waals surface area (Å²) in [5.41, 5.74) is 8.94. The third-order valence-corrected chi connectivity index (χ3v) is 3.16. The van der Waals surface area contributed by atoms with Gasteiger partial charge in [0.2, 0.25) is 5.91 Å². The number of para-hydroxylation sites is 2. The first-order valence-electron chi connectivity index (χ1n) is 6.05. The number of fused-ring (bicyclic) bond motifs is 1. The number of nitrogens with zero attached hydrogens (tertiary/aromatic N) is 2. The van der Waals surface area contributed by atoms with E-state index in [1.165, 1.54) is 0 Å². The summed E-state index contributed by atoms with van der Waals surface area (Å²) in [7, 11) is 0. The number of nitrogens with two attached hydrogens (primary N) is 1. The molecule has 1 aromatic carbocycles. The average Bonchev–Trinajstić information content (AvgIpc) is 2.41. The number of pyridine rings is 1. The smallest absolute Gasteiger partial charge is 0.244 e. The standard InChI is InChI=1S/C14H14N4O/c1-9-10(15)6-7-13(16-9)18-8-14(19)17-11-4-2-3-5-12(11)18/h2-7H,8,15H2,1H3,(H,17,19). The second-order valence-electron chi connectivity index (χ2n) is 4.50. The second-order valence-corrected chi connectivity index (χ2v) is 4.50. The van der Waals surface area contributed by atoms with Gasteiger partial charge in [0.15, 0.2) is 0 Å². The number of benzene rings is 1. The molecule has 5 nitrogen and oxygen atoms in total. The predicted octanol–water partition coefficient (Wildman–Crippen LogP) is 2.06. The van der Waals surface area contributed by atoms with Crippen LogP contribution in [0.2, 0.25) is 0 Å². The van der Waals surface area contributed by atoms with Crippen LogP contribution in [0.5, 0.6) is 0 Å². The van der Waals surface area contributed by atoms with E-state index < -0.39 is 0 Å². The number of carbonyl (C=O) groups excluding carboxylic acids is 1. The van der Waals surface area contributed by atoms with E-state index in [4.69, 9.17) is 5.73 Å². The third-order valence-electron chi connectivity index (χ3n) is 3.16. The summed E-state index contributed by atoms with van der Waals surface area (Å²) in [6.45, 7) is 2.11. The van der Waals surface area contributed by atoms with Crippen molar-refractivity contribution in [3.05, 3.63) is 42.1 Å². The average molecular weight is 254 g/mol. The first kappa shape index (κ1) is 11.5. The molecule has 0 unspecified atom stereocenters. The Morgan fingerprint density at radius 1 is 1.26 bits per heavy atom. The highest BCUT2D eigenvalue weighted by atomic mass is 16.2. The minimum atomic E-state index is -0.0463. The number of amides is 1. The van der Waals surface area contributed by atoms with E-state index in [9.17, 15) is 4.79 Å². The number of rotatable bonds is 1. The lowest BCUT2D eigenvalue weighted by Crippen LogP contribution is -2.35. The van der Waals surface area contributed by atoms with Crippen molar-refractivity contribution in [3.63, 3.8) is 0 Å². The Morgan fingerprint density at radius 3 is 2.84 bits per heavy atom. The van der Waals surface area contributed by atoms with Gasteiger partial charge in [0.25, 0.3) is 0 Å². The van der Waals surface area contributed by atoms with E-state index in [-0.39, 0.29) is 12.5 Å². The Morgan fingerprint density at radius 2 is 2.05 bits per heavy atom. The summed E-state index contributed by atoms with van der Waals surface area (Å²) < 4.78 is 0. The fourth-order valence-corrected chi connectivity index (χ4v) is 2.15. The summed E-state index contributed by atoms with van der Waals surface area (Å²) in [5, 5.41) is 2.85. The zero-order valence-electron chi connectivity index (χ0n) is 10.6. The SMILES string of the molecule is Cc1nc(N2CC(=O)Nc3ccccc32)ccc1N. The van der Waals surface area contributed by atoms with Gasteiger partial charge in [0.1, 0.15) is 12.4 Å². The number of nitrogens with one attached hydrogen (secondary N) is 1. The lowest BCUT2D eigenvalue weighted by Gasteiger charge is -2.30. The molecule has 3 N–H and O–H groups in total. The maximum absolute atomic E-state index is 11.8. The van der Waals surface area contributed by atoms with Crippen LogP contribution in [0.1, 0.15) is 5.69 Å². The van der Waals surface area contributed by atoms with E-state index in [0.29, 0.717) is 5.69 Å². The quantitative estimate of drug-likeness (QED) is 0.817. The molecule has 3 rings (SSSR count). The number of aromatic nitrogens is 1. The molecule has 96 valence electrons. The van der Waals surface area contributed by atoms with E-state index in [1.807, 2.05) is 48.2 Å². The van der Waals surface area contributed by atoms with Crippen molar-refractivity contribution in [1.82, 2.24) is 4.98 Å². The van der Waals surface area contributed by atoms with Crippen LogP contribution in [0.4, 0.5) is 22.9 Å². The molecule has 0 saturated heterocycles. The van der Waals surface area contributed by atoms with E-state index in [0.717, 1.165) is 22.9 Å². The molecule has 0 atom stereocenters. The Balaban J connectivity index is 2.09. The van der Waals surface area contributed by atoms with Gasteiger partial charge >= 0.3 is 0 Å². The van der Waals surface area contributed by atoms with Crippen LogP contribution in [0.3, 0.4) is 0 Å². The van der Waals surface area contributed by atoms with Crippen LogP contribution in [-0.4, -0.2) is 17.4 Å². The summed E-state index contributed by atoms with van der Waals surface area (Å²) >= 11 is 0. The highest BCUT2D eigenvalue weighted by molar-refractivity contribution is 6.02. The van der Waals surface area contributed by atoms with Crippen molar-refractivity contribution >= 4 is 28.8 Å². The van der Waals surface area contributed by atoms with Crippen molar-refractivity contribution in [2.75, 3.05) is 22.5 Å². The monoisotopic (exact) mass is 254 g/mol. The normalized spacial score (nSPS) is 13.9. The summed E-state index contributed by atoms with van der Waals surface area (Å²) in [6, 6.07) is 11.3. The molecule has 0 spiro atoms. The van der Waals surface area contributed by atoms with Gasteiger partial charge in [-0.15, -0.1) is 0 Å². The highest BCUT2D eigenvalue weighted by Crippen LogP contribution is 2.34.